The number of benzene rings is 1. The maximum Gasteiger partial charge on any atom is 0.333 e. The van der Waals surface area contributed by atoms with Gasteiger partial charge in [0.2, 0.25) is 0 Å². The molecule has 2 heterocycles. The quantitative estimate of drug-likeness (QED) is 0.739. The average molecular weight is 313 g/mol. The van der Waals surface area contributed by atoms with Gasteiger partial charge in [-0.25, -0.2) is 14.3 Å². The van der Waals surface area contributed by atoms with Gasteiger partial charge in [0.1, 0.15) is 5.52 Å². The summed E-state index contributed by atoms with van der Waals surface area (Å²) in [6.45, 7) is 2.52. The maximum absolute atomic E-state index is 12.6. The molecular weight excluding hydrogens is 294 g/mol. The van der Waals surface area contributed by atoms with E-state index in [0.717, 1.165) is 5.56 Å². The zero-order valence-corrected chi connectivity index (χ0v) is 13.1. The minimum Gasteiger partial charge on any atom is -0.339 e. The Balaban J connectivity index is 2.00. The molecular formula is C16H19N5O2. The number of nitrogens with one attached hydrogen (secondary N) is 2. The highest BCUT2D eigenvalue weighted by Crippen LogP contribution is 2.07. The number of hydrogen-bond acceptors (Lipinski definition) is 4. The van der Waals surface area contributed by atoms with Crippen molar-refractivity contribution in [2.24, 2.45) is 7.05 Å². The Labute approximate surface area is 132 Å². The van der Waals surface area contributed by atoms with Crippen molar-refractivity contribution in [2.75, 3.05) is 0 Å². The fourth-order valence-corrected chi connectivity index (χ4v) is 2.68. The van der Waals surface area contributed by atoms with E-state index in [1.54, 1.807) is 7.05 Å². The first kappa shape index (κ1) is 15.2. The summed E-state index contributed by atoms with van der Waals surface area (Å²) in [6, 6.07) is 9.87. The zero-order valence-electron chi connectivity index (χ0n) is 13.1. The van der Waals surface area contributed by atoms with Gasteiger partial charge in [-0.15, -0.1) is 0 Å². The van der Waals surface area contributed by atoms with Crippen LogP contribution in [0.25, 0.3) is 11.2 Å². The molecule has 0 saturated carbocycles. The fourth-order valence-electron chi connectivity index (χ4n) is 2.68. The minimum absolute atomic E-state index is 0.340. The second kappa shape index (κ2) is 6.21. The third kappa shape index (κ3) is 2.70. The summed E-state index contributed by atoms with van der Waals surface area (Å²) in [4.78, 5) is 32.0. The van der Waals surface area contributed by atoms with Crippen LogP contribution in [-0.2, 0) is 13.6 Å². The molecule has 1 atom stereocenters. The van der Waals surface area contributed by atoms with Gasteiger partial charge in [0.25, 0.3) is 5.56 Å². The van der Waals surface area contributed by atoms with E-state index in [1.807, 2.05) is 37.3 Å². The van der Waals surface area contributed by atoms with E-state index < -0.39 is 0 Å². The van der Waals surface area contributed by atoms with Crippen LogP contribution >= 0.6 is 0 Å². The molecule has 0 fully saturated rings. The van der Waals surface area contributed by atoms with E-state index in [4.69, 9.17) is 0 Å². The second-order valence-electron chi connectivity index (χ2n) is 5.41. The van der Waals surface area contributed by atoms with E-state index in [-0.39, 0.29) is 17.4 Å². The Kier molecular flexibility index (Phi) is 4.12. The van der Waals surface area contributed by atoms with Gasteiger partial charge in [0.05, 0.1) is 12.5 Å². The Morgan fingerprint density at radius 2 is 2.00 bits per heavy atom. The summed E-state index contributed by atoms with van der Waals surface area (Å²) in [5.41, 5.74) is 1.08. The van der Waals surface area contributed by atoms with Crippen molar-refractivity contribution in [1.82, 2.24) is 24.4 Å². The number of aromatic amines is 1. The molecule has 2 aromatic heterocycles. The summed E-state index contributed by atoms with van der Waals surface area (Å²) >= 11 is 0. The largest absolute Gasteiger partial charge is 0.339 e. The number of aromatic nitrogens is 4. The third-order valence-electron chi connectivity index (χ3n) is 3.95. The molecule has 0 bridgehead atoms. The third-order valence-corrected chi connectivity index (χ3v) is 3.95. The van der Waals surface area contributed by atoms with E-state index in [0.29, 0.717) is 24.1 Å². The average Bonchev–Trinajstić information content (AvgIpc) is 3.07. The highest BCUT2D eigenvalue weighted by molar-refractivity contribution is 5.68. The van der Waals surface area contributed by atoms with Gasteiger partial charge in [-0.1, -0.05) is 37.3 Å². The molecule has 7 heteroatoms. The van der Waals surface area contributed by atoms with Crippen molar-refractivity contribution in [3.63, 3.8) is 0 Å². The van der Waals surface area contributed by atoms with Crippen LogP contribution in [0.2, 0.25) is 0 Å². The van der Waals surface area contributed by atoms with Crippen LogP contribution in [-0.4, -0.2) is 19.1 Å². The minimum atomic E-state index is -0.380. The molecule has 0 amide bonds. The van der Waals surface area contributed by atoms with Crippen LogP contribution in [0.15, 0.2) is 46.2 Å². The Morgan fingerprint density at radius 1 is 1.26 bits per heavy atom. The standard InChI is InChI=1S/C16H19N5O2/c1-3-12(17-9-11-7-5-4-6-8-11)21-15(22)13-14(19-10-18-13)20(2)16(21)23/h4-8,10,12,17H,3,9H2,1-2H3,(H,18,19). The zero-order chi connectivity index (χ0) is 16.4. The molecule has 1 unspecified atom stereocenters. The molecule has 3 aromatic rings. The molecule has 0 aliphatic carbocycles. The molecule has 23 heavy (non-hydrogen) atoms. The van der Waals surface area contributed by atoms with Gasteiger partial charge in [-0.05, 0) is 12.0 Å². The van der Waals surface area contributed by atoms with Crippen molar-refractivity contribution in [3.8, 4) is 0 Å². The lowest BCUT2D eigenvalue weighted by Gasteiger charge is -2.20. The van der Waals surface area contributed by atoms with Gasteiger partial charge in [-0.2, -0.15) is 0 Å². The summed E-state index contributed by atoms with van der Waals surface area (Å²) in [7, 11) is 1.62. The van der Waals surface area contributed by atoms with E-state index >= 15 is 0 Å². The van der Waals surface area contributed by atoms with Crippen molar-refractivity contribution in [1.29, 1.82) is 0 Å². The molecule has 0 radical (unpaired) electrons. The van der Waals surface area contributed by atoms with Gasteiger partial charge in [-0.3, -0.25) is 14.7 Å². The molecule has 0 aliphatic heterocycles. The topological polar surface area (TPSA) is 84.7 Å². The molecule has 1 aromatic carbocycles. The smallest absolute Gasteiger partial charge is 0.333 e. The predicted octanol–water partition coefficient (Wildman–Crippen LogP) is 1.12. The lowest BCUT2D eigenvalue weighted by molar-refractivity contribution is 0.363. The molecule has 2 N–H and O–H groups in total. The first-order chi connectivity index (χ1) is 11.1. The number of rotatable bonds is 5. The number of H-pyrrole nitrogens is 1. The highest BCUT2D eigenvalue weighted by Gasteiger charge is 2.18. The molecule has 0 spiro atoms. The number of nitrogens with zero attached hydrogens (tertiary/aromatic N) is 3. The van der Waals surface area contributed by atoms with Crippen LogP contribution in [0.4, 0.5) is 0 Å². The van der Waals surface area contributed by atoms with Crippen molar-refractivity contribution < 1.29 is 0 Å². The summed E-state index contributed by atoms with van der Waals surface area (Å²) in [5.74, 6) is 0. The first-order valence-corrected chi connectivity index (χ1v) is 7.55. The number of imidazole rings is 1. The number of fused-ring (bicyclic) bond motifs is 1. The normalized spacial score (nSPS) is 12.6. The fraction of sp³-hybridized carbons (Fsp3) is 0.312. The van der Waals surface area contributed by atoms with Crippen molar-refractivity contribution >= 4 is 11.2 Å². The molecule has 7 nitrogen and oxygen atoms in total. The van der Waals surface area contributed by atoms with Crippen LogP contribution in [0.5, 0.6) is 0 Å². The monoisotopic (exact) mass is 313 g/mol. The Bertz CT molecular complexity index is 923. The maximum atomic E-state index is 12.6. The van der Waals surface area contributed by atoms with Gasteiger partial charge in [0.15, 0.2) is 5.65 Å². The summed E-state index contributed by atoms with van der Waals surface area (Å²) in [5, 5.41) is 3.28. The van der Waals surface area contributed by atoms with Crippen LogP contribution < -0.4 is 16.6 Å². The SMILES string of the molecule is CCC(NCc1ccccc1)n1c(=O)c2[nH]cnc2n(C)c1=O. The molecule has 120 valence electrons. The van der Waals surface area contributed by atoms with Gasteiger partial charge < -0.3 is 4.98 Å². The van der Waals surface area contributed by atoms with Crippen molar-refractivity contribution in [2.45, 2.75) is 26.1 Å². The molecule has 0 saturated heterocycles. The van der Waals surface area contributed by atoms with E-state index in [2.05, 4.69) is 15.3 Å². The summed E-state index contributed by atoms with van der Waals surface area (Å²) < 4.78 is 2.64. The molecule has 0 aliphatic rings. The van der Waals surface area contributed by atoms with Crippen molar-refractivity contribution in [3.05, 3.63) is 63.1 Å². The van der Waals surface area contributed by atoms with E-state index in [1.165, 1.54) is 15.5 Å². The van der Waals surface area contributed by atoms with Crippen LogP contribution in [0.1, 0.15) is 25.1 Å². The number of hydrogen-bond donors (Lipinski definition) is 2. The Morgan fingerprint density at radius 3 is 2.70 bits per heavy atom. The second-order valence-corrected chi connectivity index (χ2v) is 5.41. The molecule has 3 rings (SSSR count). The van der Waals surface area contributed by atoms with E-state index in [9.17, 15) is 9.59 Å². The van der Waals surface area contributed by atoms with Gasteiger partial charge >= 0.3 is 5.69 Å². The van der Waals surface area contributed by atoms with Crippen LogP contribution in [0, 0.1) is 0 Å². The Hall–Kier alpha value is -2.67. The highest BCUT2D eigenvalue weighted by atomic mass is 16.2. The van der Waals surface area contributed by atoms with Crippen LogP contribution in [0.3, 0.4) is 0 Å². The number of aryl methyl sites for hydroxylation is 1. The van der Waals surface area contributed by atoms with Gasteiger partial charge in [0, 0.05) is 13.6 Å². The lowest BCUT2D eigenvalue weighted by atomic mass is 10.2. The first-order valence-electron chi connectivity index (χ1n) is 7.55. The lowest BCUT2D eigenvalue weighted by Crippen LogP contribution is -2.45. The predicted molar refractivity (Wildman–Crippen MR) is 88.2 cm³/mol. The summed E-state index contributed by atoms with van der Waals surface area (Å²) in [6.07, 6.45) is 1.66.